The van der Waals surface area contributed by atoms with Gasteiger partial charge in [-0.1, -0.05) is 18.2 Å². The van der Waals surface area contributed by atoms with E-state index in [9.17, 15) is 9.90 Å². The number of carboxylic acids is 1. The summed E-state index contributed by atoms with van der Waals surface area (Å²) in [6.45, 7) is 1.15. The zero-order valence-corrected chi connectivity index (χ0v) is 14.1. The molecule has 0 amide bonds. The number of hydrogen-bond acceptors (Lipinski definition) is 5. The first-order valence-electron chi connectivity index (χ1n) is 8.57. The quantitative estimate of drug-likeness (QED) is 0.752. The first kappa shape index (κ1) is 16.5. The van der Waals surface area contributed by atoms with Crippen molar-refractivity contribution in [1.82, 2.24) is 9.97 Å². The number of carbonyl (C=O) groups is 1. The topological polar surface area (TPSA) is 86.5 Å². The van der Waals surface area contributed by atoms with Crippen molar-refractivity contribution < 1.29 is 15.0 Å². The molecule has 26 heavy (non-hydrogen) atoms. The van der Waals surface area contributed by atoms with Gasteiger partial charge in [0.2, 0.25) is 0 Å². The molecule has 1 aliphatic rings. The highest BCUT2D eigenvalue weighted by Gasteiger charge is 2.32. The van der Waals surface area contributed by atoms with Crippen molar-refractivity contribution in [3.05, 3.63) is 66.1 Å². The number of nitrogens with zero attached hydrogens (tertiary/aromatic N) is 3. The van der Waals surface area contributed by atoms with Crippen LogP contribution in [0.15, 0.2) is 54.9 Å². The Bertz CT molecular complexity index is 954. The van der Waals surface area contributed by atoms with Gasteiger partial charge in [-0.3, -0.25) is 4.98 Å². The van der Waals surface area contributed by atoms with E-state index in [-0.39, 0.29) is 11.6 Å². The number of aromatic nitrogens is 2. The molecule has 1 saturated heterocycles. The van der Waals surface area contributed by atoms with Gasteiger partial charge in [-0.25, -0.2) is 9.78 Å². The van der Waals surface area contributed by atoms with Crippen LogP contribution < -0.4 is 4.90 Å². The van der Waals surface area contributed by atoms with Gasteiger partial charge in [0.25, 0.3) is 0 Å². The van der Waals surface area contributed by atoms with E-state index in [0.717, 1.165) is 23.0 Å². The summed E-state index contributed by atoms with van der Waals surface area (Å²) < 4.78 is 0. The van der Waals surface area contributed by atoms with Crippen molar-refractivity contribution >= 4 is 22.6 Å². The van der Waals surface area contributed by atoms with E-state index < -0.39 is 12.1 Å². The van der Waals surface area contributed by atoms with E-state index in [0.29, 0.717) is 13.1 Å². The number of hydrogen-bond donors (Lipinski definition) is 2. The van der Waals surface area contributed by atoms with Crippen LogP contribution in [-0.2, 0) is 6.42 Å². The van der Waals surface area contributed by atoms with Crippen molar-refractivity contribution in [1.29, 1.82) is 0 Å². The second-order valence-corrected chi connectivity index (χ2v) is 6.63. The minimum atomic E-state index is -1.05. The van der Waals surface area contributed by atoms with Gasteiger partial charge < -0.3 is 15.1 Å². The molecule has 0 radical (unpaired) electrons. The van der Waals surface area contributed by atoms with Gasteiger partial charge in [0, 0.05) is 42.5 Å². The smallest absolute Gasteiger partial charge is 0.354 e. The number of fused-ring (bicyclic) bond motifs is 1. The standard InChI is InChI=1S/C20H19N3O3/c24-19-12-23(15-6-8-22-18(10-15)20(25)26)11-14(19)9-13-5-7-21-17-4-2-1-3-16(13)17/h1-8,10,14,19,24H,9,11-12H2,(H,25,26)/t14-,19+/m1/s1. The summed E-state index contributed by atoms with van der Waals surface area (Å²) in [6, 6.07) is 13.3. The van der Waals surface area contributed by atoms with E-state index in [1.165, 1.54) is 11.8 Å². The van der Waals surface area contributed by atoms with Crippen LogP contribution in [0.2, 0.25) is 0 Å². The maximum atomic E-state index is 11.1. The van der Waals surface area contributed by atoms with E-state index in [1.807, 2.05) is 29.2 Å². The van der Waals surface area contributed by atoms with Crippen LogP contribution in [0.25, 0.3) is 10.9 Å². The Morgan fingerprint density at radius 3 is 2.77 bits per heavy atom. The Labute approximate surface area is 150 Å². The van der Waals surface area contributed by atoms with E-state index in [1.54, 1.807) is 18.3 Å². The van der Waals surface area contributed by atoms with Crippen LogP contribution in [0.3, 0.4) is 0 Å². The molecule has 4 rings (SSSR count). The number of aromatic carboxylic acids is 1. The Hall–Kier alpha value is -2.99. The number of benzene rings is 1. The minimum absolute atomic E-state index is 0.0144. The molecule has 3 aromatic rings. The largest absolute Gasteiger partial charge is 0.477 e. The number of rotatable bonds is 4. The minimum Gasteiger partial charge on any atom is -0.477 e. The second kappa shape index (κ2) is 6.72. The van der Waals surface area contributed by atoms with Crippen LogP contribution in [-0.4, -0.2) is 45.3 Å². The normalized spacial score (nSPS) is 19.8. The third kappa shape index (κ3) is 3.11. The highest BCUT2D eigenvalue weighted by molar-refractivity contribution is 5.86. The summed E-state index contributed by atoms with van der Waals surface area (Å²) in [5.74, 6) is -0.978. The molecule has 0 bridgehead atoms. The number of β-amino-alcohol motifs (C(OH)–C–C–N with tert-alkyl or cyclic N) is 1. The molecular weight excluding hydrogens is 330 g/mol. The molecule has 1 aliphatic heterocycles. The molecule has 3 heterocycles. The van der Waals surface area contributed by atoms with Gasteiger partial charge in [-0.05, 0) is 36.2 Å². The number of carboxylic acid groups (broad SMARTS) is 1. The summed E-state index contributed by atoms with van der Waals surface area (Å²) in [7, 11) is 0. The Balaban J connectivity index is 1.56. The Kier molecular flexibility index (Phi) is 4.26. The third-order valence-corrected chi connectivity index (χ3v) is 4.96. The lowest BCUT2D eigenvalue weighted by Gasteiger charge is -2.18. The third-order valence-electron chi connectivity index (χ3n) is 4.96. The van der Waals surface area contributed by atoms with Gasteiger partial charge in [0.15, 0.2) is 0 Å². The number of para-hydroxylation sites is 1. The first-order valence-corrected chi connectivity index (χ1v) is 8.57. The predicted octanol–water partition coefficient (Wildman–Crippen LogP) is 2.37. The number of aliphatic hydroxyl groups excluding tert-OH is 1. The number of pyridine rings is 2. The molecule has 6 heteroatoms. The fourth-order valence-electron chi connectivity index (χ4n) is 3.61. The maximum Gasteiger partial charge on any atom is 0.354 e. The Morgan fingerprint density at radius 2 is 1.92 bits per heavy atom. The zero-order chi connectivity index (χ0) is 18.1. The van der Waals surface area contributed by atoms with Gasteiger partial charge in [-0.15, -0.1) is 0 Å². The molecule has 2 N–H and O–H groups in total. The molecule has 0 unspecified atom stereocenters. The fourth-order valence-corrected chi connectivity index (χ4v) is 3.61. The van der Waals surface area contributed by atoms with Crippen LogP contribution in [0.5, 0.6) is 0 Å². The molecule has 0 saturated carbocycles. The summed E-state index contributed by atoms with van der Waals surface area (Å²) in [5, 5.41) is 20.8. The fraction of sp³-hybridized carbons (Fsp3) is 0.250. The number of aliphatic hydroxyl groups is 1. The van der Waals surface area contributed by atoms with Crippen molar-refractivity contribution in [2.24, 2.45) is 5.92 Å². The lowest BCUT2D eigenvalue weighted by Crippen LogP contribution is -2.21. The zero-order valence-electron chi connectivity index (χ0n) is 14.1. The lowest BCUT2D eigenvalue weighted by molar-refractivity contribution is 0.0690. The first-order chi connectivity index (χ1) is 12.6. The summed E-state index contributed by atoms with van der Waals surface area (Å²) in [6.07, 6.45) is 3.58. The van der Waals surface area contributed by atoms with Crippen LogP contribution in [0.1, 0.15) is 16.1 Å². The van der Waals surface area contributed by atoms with Crippen molar-refractivity contribution in [2.45, 2.75) is 12.5 Å². The average Bonchev–Trinajstić information content (AvgIpc) is 3.03. The van der Waals surface area contributed by atoms with E-state index >= 15 is 0 Å². The van der Waals surface area contributed by atoms with Crippen molar-refractivity contribution in [3.63, 3.8) is 0 Å². The monoisotopic (exact) mass is 349 g/mol. The molecule has 2 aromatic heterocycles. The lowest BCUT2D eigenvalue weighted by atomic mass is 9.94. The highest BCUT2D eigenvalue weighted by atomic mass is 16.4. The summed E-state index contributed by atoms with van der Waals surface area (Å²) >= 11 is 0. The molecule has 2 atom stereocenters. The Morgan fingerprint density at radius 1 is 1.12 bits per heavy atom. The van der Waals surface area contributed by atoms with Crippen LogP contribution in [0.4, 0.5) is 5.69 Å². The predicted molar refractivity (Wildman–Crippen MR) is 98.4 cm³/mol. The molecular formula is C20H19N3O3. The van der Waals surface area contributed by atoms with Crippen molar-refractivity contribution in [2.75, 3.05) is 18.0 Å². The molecule has 0 spiro atoms. The summed E-state index contributed by atoms with van der Waals surface area (Å²) in [4.78, 5) is 21.4. The van der Waals surface area contributed by atoms with Crippen LogP contribution >= 0.6 is 0 Å². The summed E-state index contributed by atoms with van der Waals surface area (Å²) in [5.41, 5.74) is 2.91. The van der Waals surface area contributed by atoms with Crippen molar-refractivity contribution in [3.8, 4) is 0 Å². The van der Waals surface area contributed by atoms with E-state index in [4.69, 9.17) is 5.11 Å². The molecule has 1 aromatic carbocycles. The van der Waals surface area contributed by atoms with Gasteiger partial charge in [-0.2, -0.15) is 0 Å². The van der Waals surface area contributed by atoms with E-state index in [2.05, 4.69) is 16.0 Å². The van der Waals surface area contributed by atoms with Crippen LogP contribution in [0, 0.1) is 5.92 Å². The molecule has 132 valence electrons. The van der Waals surface area contributed by atoms with Gasteiger partial charge >= 0.3 is 5.97 Å². The highest BCUT2D eigenvalue weighted by Crippen LogP contribution is 2.28. The molecule has 1 fully saturated rings. The number of anilines is 1. The van der Waals surface area contributed by atoms with Gasteiger partial charge in [0.05, 0.1) is 11.6 Å². The molecule has 6 nitrogen and oxygen atoms in total. The SMILES string of the molecule is O=C(O)c1cc(N2C[C@@H](Cc3ccnc4ccccc34)[C@@H](O)C2)ccn1. The second-order valence-electron chi connectivity index (χ2n) is 6.63. The maximum absolute atomic E-state index is 11.1. The molecule has 0 aliphatic carbocycles. The van der Waals surface area contributed by atoms with Gasteiger partial charge in [0.1, 0.15) is 5.69 Å². The average molecular weight is 349 g/mol.